The highest BCUT2D eigenvalue weighted by Crippen LogP contribution is 2.37. The number of benzene rings is 2. The van der Waals surface area contributed by atoms with E-state index in [4.69, 9.17) is 9.47 Å². The van der Waals surface area contributed by atoms with E-state index in [0.29, 0.717) is 17.3 Å². The van der Waals surface area contributed by atoms with Crippen LogP contribution in [0.4, 0.5) is 0 Å². The summed E-state index contributed by atoms with van der Waals surface area (Å²) in [5.74, 6) is 1.93. The molecule has 134 valence electrons. The van der Waals surface area contributed by atoms with Crippen molar-refractivity contribution >= 4 is 0 Å². The second-order valence-corrected chi connectivity index (χ2v) is 5.70. The second kappa shape index (κ2) is 7.25. The topological polar surface area (TPSA) is 75.0 Å². The summed E-state index contributed by atoms with van der Waals surface area (Å²) in [4.78, 5) is 5.70. The number of methoxy groups -OCH3 is 2. The number of aromatic nitrogens is 5. The van der Waals surface area contributed by atoms with Gasteiger partial charge in [0.2, 0.25) is 5.82 Å². The molecule has 2 aromatic heterocycles. The van der Waals surface area contributed by atoms with Crippen molar-refractivity contribution in [1.82, 2.24) is 25.2 Å². The molecule has 0 aliphatic rings. The Bertz CT molecular complexity index is 1060. The molecule has 4 rings (SSSR count). The van der Waals surface area contributed by atoms with Crippen molar-refractivity contribution in [2.24, 2.45) is 0 Å². The van der Waals surface area contributed by atoms with Gasteiger partial charge in [-0.3, -0.25) is 4.98 Å². The normalized spacial score (nSPS) is 10.6. The van der Waals surface area contributed by atoms with Crippen molar-refractivity contribution in [3.05, 3.63) is 66.9 Å². The Hall–Kier alpha value is -3.74. The number of nitrogens with zero attached hydrogens (tertiary/aromatic N) is 5. The van der Waals surface area contributed by atoms with Crippen LogP contribution in [0.5, 0.6) is 11.5 Å². The molecule has 0 bridgehead atoms. The van der Waals surface area contributed by atoms with Crippen LogP contribution in [0.2, 0.25) is 0 Å². The fourth-order valence-corrected chi connectivity index (χ4v) is 2.82. The first-order valence-corrected chi connectivity index (χ1v) is 8.33. The van der Waals surface area contributed by atoms with Crippen molar-refractivity contribution < 1.29 is 9.47 Å². The van der Waals surface area contributed by atoms with Gasteiger partial charge in [0.25, 0.3) is 0 Å². The Morgan fingerprint density at radius 3 is 2.37 bits per heavy atom. The molecule has 4 aromatic rings. The van der Waals surface area contributed by atoms with Crippen molar-refractivity contribution in [2.75, 3.05) is 14.2 Å². The first kappa shape index (κ1) is 16.7. The molecule has 0 amide bonds. The van der Waals surface area contributed by atoms with Gasteiger partial charge in [0, 0.05) is 23.4 Å². The maximum absolute atomic E-state index is 5.60. The maximum Gasteiger partial charge on any atom is 0.223 e. The maximum atomic E-state index is 5.60. The van der Waals surface area contributed by atoms with Gasteiger partial charge in [-0.2, -0.15) is 0 Å². The monoisotopic (exact) mass is 359 g/mol. The summed E-state index contributed by atoms with van der Waals surface area (Å²) in [5.41, 5.74) is 3.27. The van der Waals surface area contributed by atoms with E-state index in [-0.39, 0.29) is 0 Å². The molecule has 7 nitrogen and oxygen atoms in total. The van der Waals surface area contributed by atoms with Gasteiger partial charge in [-0.15, -0.1) is 15.0 Å². The number of rotatable bonds is 5. The largest absolute Gasteiger partial charge is 0.496 e. The Balaban J connectivity index is 1.73. The van der Waals surface area contributed by atoms with E-state index < -0.39 is 0 Å². The number of hydrogen-bond donors (Lipinski definition) is 0. The number of hydrogen-bond acceptors (Lipinski definition) is 6. The highest BCUT2D eigenvalue weighted by molar-refractivity contribution is 5.77. The van der Waals surface area contributed by atoms with Crippen LogP contribution in [-0.4, -0.2) is 39.4 Å². The van der Waals surface area contributed by atoms with Crippen molar-refractivity contribution in [3.8, 4) is 39.8 Å². The van der Waals surface area contributed by atoms with Gasteiger partial charge in [0.05, 0.1) is 19.9 Å². The molecule has 0 saturated carbocycles. The fourth-order valence-electron chi connectivity index (χ4n) is 2.82. The van der Waals surface area contributed by atoms with Gasteiger partial charge in [0.15, 0.2) is 0 Å². The lowest BCUT2D eigenvalue weighted by atomic mass is 10.0. The SMILES string of the molecule is COc1ccccc1-c1ccc(-n2nnc(-c3ccccn3)n2)cc1OC. The van der Waals surface area contributed by atoms with E-state index in [1.54, 1.807) is 20.4 Å². The number of para-hydroxylation sites is 1. The summed E-state index contributed by atoms with van der Waals surface area (Å²) in [7, 11) is 3.28. The Labute approximate surface area is 156 Å². The molecule has 2 heterocycles. The van der Waals surface area contributed by atoms with Gasteiger partial charge >= 0.3 is 0 Å². The van der Waals surface area contributed by atoms with Gasteiger partial charge in [-0.25, -0.2) is 0 Å². The Kier molecular flexibility index (Phi) is 4.49. The van der Waals surface area contributed by atoms with Crippen LogP contribution in [0.15, 0.2) is 66.9 Å². The van der Waals surface area contributed by atoms with Crippen LogP contribution < -0.4 is 9.47 Å². The lowest BCUT2D eigenvalue weighted by Gasteiger charge is -2.13. The molecule has 0 atom stereocenters. The molecule has 0 spiro atoms. The molecule has 0 radical (unpaired) electrons. The molecule has 27 heavy (non-hydrogen) atoms. The molecule has 0 saturated heterocycles. The van der Waals surface area contributed by atoms with Gasteiger partial charge < -0.3 is 9.47 Å². The summed E-state index contributed by atoms with van der Waals surface area (Å²) < 4.78 is 11.1. The smallest absolute Gasteiger partial charge is 0.223 e. The minimum absolute atomic E-state index is 0.461. The van der Waals surface area contributed by atoms with Gasteiger partial charge in [-0.05, 0) is 35.5 Å². The molecule has 0 unspecified atom stereocenters. The van der Waals surface area contributed by atoms with Crippen LogP contribution in [0.1, 0.15) is 0 Å². The highest BCUT2D eigenvalue weighted by atomic mass is 16.5. The summed E-state index contributed by atoms with van der Waals surface area (Å²) in [6.07, 6.45) is 1.70. The average Bonchev–Trinajstić information content (AvgIpc) is 3.24. The van der Waals surface area contributed by atoms with Crippen LogP contribution in [-0.2, 0) is 0 Å². The Morgan fingerprint density at radius 1 is 0.815 bits per heavy atom. The number of tetrazole rings is 1. The van der Waals surface area contributed by atoms with Crippen molar-refractivity contribution in [3.63, 3.8) is 0 Å². The third-order valence-electron chi connectivity index (χ3n) is 4.12. The van der Waals surface area contributed by atoms with Crippen LogP contribution in [0.25, 0.3) is 28.3 Å². The summed E-state index contributed by atoms with van der Waals surface area (Å²) in [6.45, 7) is 0. The summed E-state index contributed by atoms with van der Waals surface area (Å²) >= 11 is 0. The van der Waals surface area contributed by atoms with E-state index in [9.17, 15) is 0 Å². The summed E-state index contributed by atoms with van der Waals surface area (Å²) in [6, 6.07) is 19.1. The van der Waals surface area contributed by atoms with E-state index in [0.717, 1.165) is 22.6 Å². The highest BCUT2D eigenvalue weighted by Gasteiger charge is 2.14. The molecule has 0 aliphatic carbocycles. The van der Waals surface area contributed by atoms with Gasteiger partial charge in [0.1, 0.15) is 17.2 Å². The first-order chi connectivity index (χ1) is 13.3. The molecule has 0 fully saturated rings. The van der Waals surface area contributed by atoms with E-state index in [1.165, 1.54) is 4.80 Å². The summed E-state index contributed by atoms with van der Waals surface area (Å²) in [5, 5.41) is 12.6. The van der Waals surface area contributed by atoms with Crippen LogP contribution >= 0.6 is 0 Å². The zero-order chi connectivity index (χ0) is 18.6. The van der Waals surface area contributed by atoms with Crippen LogP contribution in [0, 0.1) is 0 Å². The third kappa shape index (κ3) is 3.22. The number of pyridine rings is 1. The first-order valence-electron chi connectivity index (χ1n) is 8.33. The second-order valence-electron chi connectivity index (χ2n) is 5.70. The van der Waals surface area contributed by atoms with E-state index in [1.807, 2.05) is 60.7 Å². The minimum atomic E-state index is 0.461. The molecular formula is C20H17N5O2. The molecule has 0 aliphatic heterocycles. The fraction of sp³-hybridized carbons (Fsp3) is 0.100. The minimum Gasteiger partial charge on any atom is -0.496 e. The van der Waals surface area contributed by atoms with Gasteiger partial charge in [-0.1, -0.05) is 24.3 Å². The third-order valence-corrected chi connectivity index (χ3v) is 4.12. The zero-order valence-corrected chi connectivity index (χ0v) is 14.9. The molecule has 2 aromatic carbocycles. The van der Waals surface area contributed by atoms with E-state index >= 15 is 0 Å². The van der Waals surface area contributed by atoms with Crippen molar-refractivity contribution in [2.45, 2.75) is 0 Å². The predicted octanol–water partition coefficient (Wildman–Crippen LogP) is 3.41. The van der Waals surface area contributed by atoms with Crippen LogP contribution in [0.3, 0.4) is 0 Å². The zero-order valence-electron chi connectivity index (χ0n) is 14.9. The van der Waals surface area contributed by atoms with E-state index in [2.05, 4.69) is 20.4 Å². The molecular weight excluding hydrogens is 342 g/mol. The quantitative estimate of drug-likeness (QED) is 0.544. The lowest BCUT2D eigenvalue weighted by Crippen LogP contribution is -2.01. The average molecular weight is 359 g/mol. The van der Waals surface area contributed by atoms with Crippen molar-refractivity contribution in [1.29, 1.82) is 0 Å². The lowest BCUT2D eigenvalue weighted by molar-refractivity contribution is 0.410. The Morgan fingerprint density at radius 2 is 1.59 bits per heavy atom. The standard InChI is InChI=1S/C20H17N5O2/c1-26-18-9-4-3-7-15(18)16-11-10-14(13-19(16)27-2)25-23-20(22-24-25)17-8-5-6-12-21-17/h3-13H,1-2H3. The molecule has 7 heteroatoms. The predicted molar refractivity (Wildman–Crippen MR) is 101 cm³/mol. The molecule has 0 N–H and O–H groups in total. The number of ether oxygens (including phenoxy) is 2.